The zero-order chi connectivity index (χ0) is 17.1. The molecule has 3 rings (SSSR count). The van der Waals surface area contributed by atoms with Gasteiger partial charge in [0.25, 0.3) is 5.69 Å². The summed E-state index contributed by atoms with van der Waals surface area (Å²) in [5, 5.41) is 16.9. The Bertz CT molecular complexity index is 776. The van der Waals surface area contributed by atoms with Crippen molar-refractivity contribution >= 4 is 17.3 Å². The molecule has 124 valence electrons. The number of aryl methyl sites for hydroxylation is 1. The summed E-state index contributed by atoms with van der Waals surface area (Å²) >= 11 is 0. The Balaban J connectivity index is 1.64. The number of nitrogens with one attached hydrogen (secondary N) is 2. The van der Waals surface area contributed by atoms with Crippen LogP contribution < -0.4 is 10.6 Å². The minimum Gasteiger partial charge on any atom is -0.324 e. The van der Waals surface area contributed by atoms with Crippen molar-refractivity contribution in [3.05, 3.63) is 69.8 Å². The van der Waals surface area contributed by atoms with Crippen LogP contribution >= 0.6 is 0 Å². The van der Waals surface area contributed by atoms with Gasteiger partial charge < -0.3 is 5.32 Å². The molecule has 0 fully saturated rings. The predicted octanol–water partition coefficient (Wildman–Crippen LogP) is 3.20. The van der Waals surface area contributed by atoms with E-state index in [0.29, 0.717) is 5.69 Å². The molecule has 1 aliphatic rings. The number of fused-ring (bicyclic) bond motifs is 1. The summed E-state index contributed by atoms with van der Waals surface area (Å²) in [5.41, 5.74) is 2.95. The van der Waals surface area contributed by atoms with E-state index in [1.54, 1.807) is 19.1 Å². The molecule has 0 heterocycles. The lowest BCUT2D eigenvalue weighted by molar-refractivity contribution is -0.384. The molecule has 1 amide bonds. The number of carbonyl (C=O) groups is 1. The van der Waals surface area contributed by atoms with Crippen molar-refractivity contribution in [2.75, 3.05) is 5.32 Å². The molecular formula is C18H19N3O3. The van der Waals surface area contributed by atoms with Gasteiger partial charge in [0.2, 0.25) is 5.91 Å². The Labute approximate surface area is 140 Å². The number of non-ortho nitro benzene ring substituents is 1. The molecule has 24 heavy (non-hydrogen) atoms. The molecule has 2 aromatic rings. The van der Waals surface area contributed by atoms with Crippen molar-refractivity contribution in [2.24, 2.45) is 0 Å². The van der Waals surface area contributed by atoms with E-state index in [1.807, 2.05) is 12.1 Å². The van der Waals surface area contributed by atoms with E-state index in [-0.39, 0.29) is 17.6 Å². The second-order valence-corrected chi connectivity index (χ2v) is 5.98. The van der Waals surface area contributed by atoms with E-state index in [1.165, 1.54) is 23.3 Å². The van der Waals surface area contributed by atoms with E-state index in [4.69, 9.17) is 0 Å². The highest BCUT2D eigenvalue weighted by atomic mass is 16.6. The molecule has 0 aromatic heterocycles. The van der Waals surface area contributed by atoms with E-state index < -0.39 is 11.0 Å². The largest absolute Gasteiger partial charge is 0.324 e. The van der Waals surface area contributed by atoms with Crippen molar-refractivity contribution in [1.29, 1.82) is 0 Å². The highest BCUT2D eigenvalue weighted by Crippen LogP contribution is 2.31. The van der Waals surface area contributed by atoms with Gasteiger partial charge in [0, 0.05) is 23.9 Å². The number of hydrogen-bond donors (Lipinski definition) is 2. The molecule has 0 saturated carbocycles. The molecule has 1 aliphatic carbocycles. The summed E-state index contributed by atoms with van der Waals surface area (Å²) in [6.45, 7) is 1.80. The van der Waals surface area contributed by atoms with Crippen LogP contribution in [-0.2, 0) is 11.2 Å². The maximum absolute atomic E-state index is 12.3. The number of amides is 1. The van der Waals surface area contributed by atoms with Crippen LogP contribution in [-0.4, -0.2) is 16.9 Å². The highest BCUT2D eigenvalue weighted by molar-refractivity contribution is 5.94. The standard InChI is InChI=1S/C18H19N3O3/c1-12(19-17-10-9-13-5-2-3-8-16(13)17)18(22)20-14-6-4-7-15(11-14)21(23)24/h2-8,11-12,17,19H,9-10H2,1H3,(H,20,22)/t12-,17-/m1/s1. The smallest absolute Gasteiger partial charge is 0.271 e. The lowest BCUT2D eigenvalue weighted by Gasteiger charge is -2.20. The van der Waals surface area contributed by atoms with Crippen LogP contribution in [0.2, 0.25) is 0 Å². The van der Waals surface area contributed by atoms with E-state index in [9.17, 15) is 14.9 Å². The lowest BCUT2D eigenvalue weighted by Crippen LogP contribution is -2.39. The van der Waals surface area contributed by atoms with E-state index in [2.05, 4.69) is 22.8 Å². The zero-order valence-electron chi connectivity index (χ0n) is 13.4. The average Bonchev–Trinajstić information content (AvgIpc) is 2.98. The first kappa shape index (κ1) is 16.1. The Hall–Kier alpha value is -2.73. The quantitative estimate of drug-likeness (QED) is 0.653. The maximum atomic E-state index is 12.3. The van der Waals surface area contributed by atoms with Crippen LogP contribution in [0.25, 0.3) is 0 Å². The Kier molecular flexibility index (Phi) is 4.57. The SMILES string of the molecule is C[C@@H](N[C@@H]1CCc2ccccc21)C(=O)Nc1cccc([N+](=O)[O-])c1. The van der Waals surface area contributed by atoms with Crippen molar-refractivity contribution in [1.82, 2.24) is 5.32 Å². The second-order valence-electron chi connectivity index (χ2n) is 5.98. The molecule has 0 aliphatic heterocycles. The normalized spacial score (nSPS) is 17.1. The molecule has 6 nitrogen and oxygen atoms in total. The van der Waals surface area contributed by atoms with Gasteiger partial charge in [-0.3, -0.25) is 20.2 Å². The summed E-state index contributed by atoms with van der Waals surface area (Å²) in [6, 6.07) is 13.9. The highest BCUT2D eigenvalue weighted by Gasteiger charge is 2.25. The fourth-order valence-electron chi connectivity index (χ4n) is 3.06. The number of rotatable bonds is 5. The fraction of sp³-hybridized carbons (Fsp3) is 0.278. The minimum absolute atomic E-state index is 0.0434. The van der Waals surface area contributed by atoms with Crippen LogP contribution in [0.1, 0.15) is 30.5 Å². The van der Waals surface area contributed by atoms with Crippen molar-refractivity contribution in [3.63, 3.8) is 0 Å². The van der Waals surface area contributed by atoms with Crippen molar-refractivity contribution in [3.8, 4) is 0 Å². The van der Waals surface area contributed by atoms with Gasteiger partial charge in [-0.25, -0.2) is 0 Å². The molecule has 0 bridgehead atoms. The van der Waals surface area contributed by atoms with Gasteiger partial charge in [0.15, 0.2) is 0 Å². The van der Waals surface area contributed by atoms with Crippen LogP contribution in [0.3, 0.4) is 0 Å². The van der Waals surface area contributed by atoms with E-state index >= 15 is 0 Å². The first-order chi connectivity index (χ1) is 11.5. The third-order valence-electron chi connectivity index (χ3n) is 4.30. The second kappa shape index (κ2) is 6.80. The number of nitro groups is 1. The Morgan fingerprint density at radius 2 is 2.04 bits per heavy atom. The molecule has 0 radical (unpaired) electrons. The first-order valence-corrected chi connectivity index (χ1v) is 7.94. The van der Waals surface area contributed by atoms with Crippen LogP contribution in [0.5, 0.6) is 0 Å². The van der Waals surface area contributed by atoms with Crippen LogP contribution in [0, 0.1) is 10.1 Å². The molecule has 0 spiro atoms. The summed E-state index contributed by atoms with van der Waals surface area (Å²) < 4.78 is 0. The number of anilines is 1. The third kappa shape index (κ3) is 3.44. The van der Waals surface area contributed by atoms with Gasteiger partial charge in [-0.2, -0.15) is 0 Å². The van der Waals surface area contributed by atoms with Gasteiger partial charge >= 0.3 is 0 Å². The van der Waals surface area contributed by atoms with Gasteiger partial charge in [-0.1, -0.05) is 30.3 Å². The van der Waals surface area contributed by atoms with E-state index in [0.717, 1.165) is 12.8 Å². The number of benzene rings is 2. The number of carbonyl (C=O) groups excluding carboxylic acids is 1. The zero-order valence-corrected chi connectivity index (χ0v) is 13.4. The van der Waals surface area contributed by atoms with Crippen molar-refractivity contribution in [2.45, 2.75) is 31.8 Å². The molecule has 0 saturated heterocycles. The number of hydrogen-bond acceptors (Lipinski definition) is 4. The first-order valence-electron chi connectivity index (χ1n) is 7.94. The lowest BCUT2D eigenvalue weighted by atomic mass is 10.1. The topological polar surface area (TPSA) is 84.3 Å². The third-order valence-corrected chi connectivity index (χ3v) is 4.30. The Morgan fingerprint density at radius 1 is 1.25 bits per heavy atom. The maximum Gasteiger partial charge on any atom is 0.271 e. The van der Waals surface area contributed by atoms with Gasteiger partial charge in [0.1, 0.15) is 0 Å². The molecular weight excluding hydrogens is 306 g/mol. The van der Waals surface area contributed by atoms with Crippen LogP contribution in [0.15, 0.2) is 48.5 Å². The number of nitro benzene ring substituents is 1. The Morgan fingerprint density at radius 3 is 2.83 bits per heavy atom. The fourth-order valence-corrected chi connectivity index (χ4v) is 3.06. The van der Waals surface area contributed by atoms with Gasteiger partial charge in [-0.15, -0.1) is 0 Å². The molecule has 6 heteroatoms. The summed E-state index contributed by atoms with van der Waals surface area (Å²) in [5.74, 6) is -0.208. The van der Waals surface area contributed by atoms with Crippen molar-refractivity contribution < 1.29 is 9.72 Å². The monoisotopic (exact) mass is 325 g/mol. The summed E-state index contributed by atoms with van der Waals surface area (Å²) in [4.78, 5) is 22.7. The molecule has 2 aromatic carbocycles. The minimum atomic E-state index is -0.479. The predicted molar refractivity (Wildman–Crippen MR) is 91.8 cm³/mol. The molecule has 0 unspecified atom stereocenters. The summed E-state index contributed by atoms with van der Waals surface area (Å²) in [7, 11) is 0. The van der Waals surface area contributed by atoms with Gasteiger partial charge in [-0.05, 0) is 37.0 Å². The van der Waals surface area contributed by atoms with Gasteiger partial charge in [0.05, 0.1) is 11.0 Å². The summed E-state index contributed by atoms with van der Waals surface area (Å²) in [6.07, 6.45) is 1.97. The number of nitrogens with zero attached hydrogens (tertiary/aromatic N) is 1. The molecule has 2 N–H and O–H groups in total. The van der Waals surface area contributed by atoms with Crippen LogP contribution in [0.4, 0.5) is 11.4 Å². The molecule has 2 atom stereocenters. The average molecular weight is 325 g/mol.